The third-order valence-electron chi connectivity index (χ3n) is 5.31. The van der Waals surface area contributed by atoms with Gasteiger partial charge in [0.25, 0.3) is 5.89 Å². The molecule has 1 aromatic heterocycles. The molecule has 0 unspecified atom stereocenters. The summed E-state index contributed by atoms with van der Waals surface area (Å²) in [5.41, 5.74) is 1.81. The van der Waals surface area contributed by atoms with Crippen molar-refractivity contribution in [2.45, 2.75) is 12.8 Å². The zero-order valence-electron chi connectivity index (χ0n) is 18.8. The first-order valence-corrected chi connectivity index (χ1v) is 11.0. The largest absolute Gasteiger partial charge is 0.489 e. The first-order chi connectivity index (χ1) is 17.4. The van der Waals surface area contributed by atoms with Gasteiger partial charge < -0.3 is 14.0 Å². The molecule has 1 heterocycles. The summed E-state index contributed by atoms with van der Waals surface area (Å²) in [7, 11) is 0. The molecule has 180 valence electrons. The highest BCUT2D eigenvalue weighted by molar-refractivity contribution is 5.61. The summed E-state index contributed by atoms with van der Waals surface area (Å²) in [5.74, 6) is 2.26. The number of aromatic nitrogens is 2. The third kappa shape index (κ3) is 5.55. The van der Waals surface area contributed by atoms with Gasteiger partial charge in [-0.25, -0.2) is 0 Å². The zero-order valence-corrected chi connectivity index (χ0v) is 18.8. The van der Waals surface area contributed by atoms with Gasteiger partial charge in [0.2, 0.25) is 5.82 Å². The van der Waals surface area contributed by atoms with Crippen molar-refractivity contribution in [2.24, 2.45) is 0 Å². The minimum Gasteiger partial charge on any atom is -0.489 e. The van der Waals surface area contributed by atoms with Gasteiger partial charge in [0, 0.05) is 11.1 Å². The van der Waals surface area contributed by atoms with Gasteiger partial charge in [-0.1, -0.05) is 35.5 Å². The highest BCUT2D eigenvalue weighted by Gasteiger charge is 2.30. The molecular formula is C28H19F3N2O3. The molecule has 5 nitrogen and oxygen atoms in total. The first-order valence-electron chi connectivity index (χ1n) is 11.0. The van der Waals surface area contributed by atoms with Crippen LogP contribution >= 0.6 is 0 Å². The normalized spacial score (nSPS) is 11.3. The Morgan fingerprint density at radius 3 is 1.89 bits per heavy atom. The van der Waals surface area contributed by atoms with Gasteiger partial charge >= 0.3 is 6.18 Å². The van der Waals surface area contributed by atoms with Crippen LogP contribution < -0.4 is 9.47 Å². The van der Waals surface area contributed by atoms with E-state index in [2.05, 4.69) is 10.1 Å². The van der Waals surface area contributed by atoms with Gasteiger partial charge in [0.05, 0.1) is 5.56 Å². The van der Waals surface area contributed by atoms with Crippen LogP contribution in [0.4, 0.5) is 13.2 Å². The van der Waals surface area contributed by atoms with Crippen LogP contribution in [0.15, 0.2) is 108 Å². The molecule has 0 spiro atoms. The van der Waals surface area contributed by atoms with Crippen molar-refractivity contribution in [3.63, 3.8) is 0 Å². The quantitative estimate of drug-likeness (QED) is 0.234. The molecule has 5 aromatic rings. The summed E-state index contributed by atoms with van der Waals surface area (Å²) in [4.78, 5) is 4.45. The number of halogens is 3. The standard InChI is InChI=1S/C28H19F3N2O3/c29-28(30,31)22-10-16-25(17-11-22)35-24-14-6-20(7-15-24)26-32-27(36-33-26)21-8-12-23(13-9-21)34-18-19-4-2-1-3-5-19/h1-17H,18H2. The second-order valence-electron chi connectivity index (χ2n) is 7.87. The van der Waals surface area contributed by atoms with Gasteiger partial charge in [0.15, 0.2) is 0 Å². The van der Waals surface area contributed by atoms with Crippen LogP contribution in [0.5, 0.6) is 17.2 Å². The van der Waals surface area contributed by atoms with Gasteiger partial charge in [0.1, 0.15) is 23.9 Å². The minimum atomic E-state index is -4.39. The molecule has 0 amide bonds. The number of hydrogen-bond donors (Lipinski definition) is 0. The van der Waals surface area contributed by atoms with Crippen LogP contribution in [0.2, 0.25) is 0 Å². The van der Waals surface area contributed by atoms with E-state index >= 15 is 0 Å². The van der Waals surface area contributed by atoms with Crippen LogP contribution in [0.25, 0.3) is 22.8 Å². The van der Waals surface area contributed by atoms with Crippen molar-refractivity contribution in [3.8, 4) is 40.1 Å². The molecule has 0 aliphatic heterocycles. The molecule has 0 saturated carbocycles. The summed E-state index contributed by atoms with van der Waals surface area (Å²) in [6, 6.07) is 28.6. The third-order valence-corrected chi connectivity index (χ3v) is 5.31. The van der Waals surface area contributed by atoms with E-state index in [1.165, 1.54) is 12.1 Å². The van der Waals surface area contributed by atoms with Crippen LogP contribution in [0, 0.1) is 0 Å². The van der Waals surface area contributed by atoms with Gasteiger partial charge in [-0.2, -0.15) is 18.2 Å². The predicted molar refractivity (Wildman–Crippen MR) is 127 cm³/mol. The summed E-state index contributed by atoms with van der Waals surface area (Å²) in [6.07, 6.45) is -4.39. The average Bonchev–Trinajstić information content (AvgIpc) is 3.39. The van der Waals surface area contributed by atoms with Crippen molar-refractivity contribution in [1.82, 2.24) is 10.1 Å². The molecule has 8 heteroatoms. The number of benzene rings is 4. The smallest absolute Gasteiger partial charge is 0.416 e. The maximum absolute atomic E-state index is 12.7. The Morgan fingerprint density at radius 1 is 0.667 bits per heavy atom. The van der Waals surface area contributed by atoms with E-state index in [-0.39, 0.29) is 0 Å². The van der Waals surface area contributed by atoms with Crippen LogP contribution in [0.3, 0.4) is 0 Å². The molecular weight excluding hydrogens is 469 g/mol. The topological polar surface area (TPSA) is 57.4 Å². The number of rotatable bonds is 7. The van der Waals surface area contributed by atoms with Crippen LogP contribution in [-0.2, 0) is 12.8 Å². The summed E-state index contributed by atoms with van der Waals surface area (Å²) >= 11 is 0. The molecule has 0 radical (unpaired) electrons. The highest BCUT2D eigenvalue weighted by atomic mass is 19.4. The molecule has 36 heavy (non-hydrogen) atoms. The number of nitrogens with zero attached hydrogens (tertiary/aromatic N) is 2. The van der Waals surface area contributed by atoms with Gasteiger partial charge in [-0.05, 0) is 78.4 Å². The Balaban J connectivity index is 1.21. The van der Waals surface area contributed by atoms with Gasteiger partial charge in [-0.15, -0.1) is 0 Å². The molecule has 0 bridgehead atoms. The summed E-state index contributed by atoms with van der Waals surface area (Å²) < 4.78 is 55.0. The summed E-state index contributed by atoms with van der Waals surface area (Å²) in [6.45, 7) is 0.476. The minimum absolute atomic E-state index is 0.300. The van der Waals surface area contributed by atoms with Crippen molar-refractivity contribution in [1.29, 1.82) is 0 Å². The number of alkyl halides is 3. The lowest BCUT2D eigenvalue weighted by Crippen LogP contribution is -2.03. The molecule has 0 N–H and O–H groups in total. The Labute approximate surface area is 204 Å². The Bertz CT molecular complexity index is 1410. The average molecular weight is 488 g/mol. The van der Waals surface area contributed by atoms with E-state index in [4.69, 9.17) is 14.0 Å². The second kappa shape index (κ2) is 9.95. The fourth-order valence-electron chi connectivity index (χ4n) is 3.41. The Kier molecular flexibility index (Phi) is 6.40. The lowest BCUT2D eigenvalue weighted by Gasteiger charge is -2.09. The van der Waals surface area contributed by atoms with Crippen molar-refractivity contribution in [2.75, 3.05) is 0 Å². The predicted octanol–water partition coefficient (Wildman–Crippen LogP) is 7.79. The van der Waals surface area contributed by atoms with E-state index in [1.54, 1.807) is 24.3 Å². The number of hydrogen-bond acceptors (Lipinski definition) is 5. The maximum atomic E-state index is 12.7. The molecule has 0 aliphatic carbocycles. The fourth-order valence-corrected chi connectivity index (χ4v) is 3.41. The molecule has 0 atom stereocenters. The van der Waals surface area contributed by atoms with E-state index in [9.17, 15) is 13.2 Å². The lowest BCUT2D eigenvalue weighted by molar-refractivity contribution is -0.137. The molecule has 0 saturated heterocycles. The van der Waals surface area contributed by atoms with E-state index in [0.717, 1.165) is 29.0 Å². The van der Waals surface area contributed by atoms with E-state index < -0.39 is 11.7 Å². The monoisotopic (exact) mass is 488 g/mol. The second-order valence-corrected chi connectivity index (χ2v) is 7.87. The lowest BCUT2D eigenvalue weighted by atomic mass is 10.2. The van der Waals surface area contributed by atoms with Crippen LogP contribution in [-0.4, -0.2) is 10.1 Å². The molecule has 4 aromatic carbocycles. The summed E-state index contributed by atoms with van der Waals surface area (Å²) in [5, 5.41) is 4.04. The maximum Gasteiger partial charge on any atom is 0.416 e. The van der Waals surface area contributed by atoms with Crippen LogP contribution in [0.1, 0.15) is 11.1 Å². The van der Waals surface area contributed by atoms with Crippen molar-refractivity contribution >= 4 is 0 Å². The molecule has 5 rings (SSSR count). The fraction of sp³-hybridized carbons (Fsp3) is 0.0714. The molecule has 0 aliphatic rings. The molecule has 0 fully saturated rings. The Hall–Kier alpha value is -4.59. The Morgan fingerprint density at radius 2 is 1.25 bits per heavy atom. The van der Waals surface area contributed by atoms with E-state index in [1.807, 2.05) is 54.6 Å². The van der Waals surface area contributed by atoms with Crippen molar-refractivity contribution in [3.05, 3.63) is 114 Å². The van der Waals surface area contributed by atoms with E-state index in [0.29, 0.717) is 35.4 Å². The van der Waals surface area contributed by atoms with Crippen molar-refractivity contribution < 1.29 is 27.2 Å². The first kappa shape index (κ1) is 23.2. The SMILES string of the molecule is FC(F)(F)c1ccc(Oc2ccc(-c3noc(-c4ccc(OCc5ccccc5)cc4)n3)cc2)cc1. The highest BCUT2D eigenvalue weighted by Crippen LogP contribution is 2.32. The van der Waals surface area contributed by atoms with Gasteiger partial charge in [-0.3, -0.25) is 0 Å². The zero-order chi connectivity index (χ0) is 25.0. The number of ether oxygens (including phenoxy) is 2.